The highest BCUT2D eigenvalue weighted by molar-refractivity contribution is 6.38. The van der Waals surface area contributed by atoms with Gasteiger partial charge in [-0.05, 0) is 61.7 Å². The lowest BCUT2D eigenvalue weighted by Gasteiger charge is -2.44. The van der Waals surface area contributed by atoms with Crippen LogP contribution in [-0.4, -0.2) is 90.4 Å². The first-order chi connectivity index (χ1) is 23.7. The smallest absolute Gasteiger partial charge is 0.407 e. The van der Waals surface area contributed by atoms with Gasteiger partial charge in [0, 0.05) is 19.6 Å². The van der Waals surface area contributed by atoms with Crippen molar-refractivity contribution in [3.63, 3.8) is 0 Å². The number of likely N-dealkylation sites (tertiary alicyclic amines) is 1. The summed E-state index contributed by atoms with van der Waals surface area (Å²) in [5, 5.41) is 14.2. The Balaban J connectivity index is 1.57. The molecule has 6 amide bonds. The third kappa shape index (κ3) is 8.80. The van der Waals surface area contributed by atoms with Gasteiger partial charge in [-0.2, -0.15) is 0 Å². The van der Waals surface area contributed by atoms with E-state index in [4.69, 9.17) is 4.74 Å². The van der Waals surface area contributed by atoms with Crippen LogP contribution in [0.1, 0.15) is 112 Å². The lowest BCUT2D eigenvalue weighted by Crippen LogP contribution is -2.64. The second-order valence-electron chi connectivity index (χ2n) is 15.8. The predicted molar refractivity (Wildman–Crippen MR) is 189 cm³/mol. The number of carbonyl (C=O) groups excluding carboxylic acids is 6. The van der Waals surface area contributed by atoms with Crippen molar-refractivity contribution in [2.24, 2.45) is 22.7 Å². The predicted octanol–water partition coefficient (Wildman–Crippen LogP) is 3.71. The first-order valence-corrected chi connectivity index (χ1v) is 18.8. The normalized spacial score (nSPS) is 25.5. The van der Waals surface area contributed by atoms with Gasteiger partial charge < -0.3 is 36.2 Å². The summed E-state index contributed by atoms with van der Waals surface area (Å²) in [4.78, 5) is 82.2. The zero-order valence-corrected chi connectivity index (χ0v) is 30.8. The first-order valence-electron chi connectivity index (χ1n) is 18.8. The van der Waals surface area contributed by atoms with Gasteiger partial charge in [0.2, 0.25) is 17.6 Å². The highest BCUT2D eigenvalue weighted by atomic mass is 16.5. The molecule has 1 saturated heterocycles. The first kappa shape index (κ1) is 39.2. The number of fused-ring (bicyclic) bond motifs is 1. The van der Waals surface area contributed by atoms with Gasteiger partial charge in [-0.3, -0.25) is 19.2 Å². The van der Waals surface area contributed by atoms with Gasteiger partial charge in [0.25, 0.3) is 5.91 Å². The summed E-state index contributed by atoms with van der Waals surface area (Å²) in [6.45, 7) is 14.4. The van der Waals surface area contributed by atoms with E-state index in [9.17, 15) is 28.8 Å². The fourth-order valence-electron chi connectivity index (χ4n) is 8.73. The molecule has 5 atom stereocenters. The number of rotatable bonds is 15. The molecule has 0 aromatic heterocycles. The van der Waals surface area contributed by atoms with Crippen LogP contribution in [0.5, 0.6) is 0 Å². The molecule has 1 heterocycles. The number of hydrogen-bond donors (Lipinski definition) is 5. The van der Waals surface area contributed by atoms with Gasteiger partial charge in [-0.15, -0.1) is 6.58 Å². The van der Waals surface area contributed by atoms with Crippen molar-refractivity contribution < 1.29 is 33.5 Å². The maximum atomic E-state index is 14.8. The maximum absolute atomic E-state index is 14.8. The average Bonchev–Trinajstić information content (AvgIpc) is 3.39. The van der Waals surface area contributed by atoms with Gasteiger partial charge in [-0.25, -0.2) is 9.59 Å². The van der Waals surface area contributed by atoms with E-state index in [1.807, 2.05) is 13.8 Å². The number of carbonyl (C=O) groups is 6. The summed E-state index contributed by atoms with van der Waals surface area (Å²) in [6.07, 6.45) is 10.2. The second kappa shape index (κ2) is 16.6. The van der Waals surface area contributed by atoms with Crippen LogP contribution >= 0.6 is 0 Å². The van der Waals surface area contributed by atoms with Crippen molar-refractivity contribution in [3.05, 3.63) is 12.7 Å². The Morgan fingerprint density at radius 1 is 0.900 bits per heavy atom. The molecular weight excluding hydrogens is 640 g/mol. The molecule has 1 aliphatic heterocycles. The minimum Gasteiger partial charge on any atom is -0.447 e. The summed E-state index contributed by atoms with van der Waals surface area (Å²) in [6, 6.07) is -3.28. The van der Waals surface area contributed by atoms with Gasteiger partial charge in [0.15, 0.2) is 0 Å². The Bertz CT molecular complexity index is 1290. The number of amides is 6. The van der Waals surface area contributed by atoms with Crippen molar-refractivity contribution in [1.29, 1.82) is 0 Å². The molecule has 3 aliphatic carbocycles. The number of urea groups is 1. The molecule has 4 fully saturated rings. The fourth-order valence-corrected chi connectivity index (χ4v) is 8.73. The van der Waals surface area contributed by atoms with Crippen LogP contribution in [0, 0.1) is 22.7 Å². The minimum absolute atomic E-state index is 0.0260. The van der Waals surface area contributed by atoms with Crippen LogP contribution in [0.2, 0.25) is 0 Å². The van der Waals surface area contributed by atoms with Crippen molar-refractivity contribution in [2.75, 3.05) is 26.2 Å². The van der Waals surface area contributed by atoms with Crippen molar-refractivity contribution in [2.45, 2.75) is 135 Å². The van der Waals surface area contributed by atoms with E-state index in [-0.39, 0.29) is 42.7 Å². The Morgan fingerprint density at radius 3 is 2.14 bits per heavy atom. The van der Waals surface area contributed by atoms with Crippen molar-refractivity contribution >= 4 is 35.6 Å². The van der Waals surface area contributed by atoms with Gasteiger partial charge in [0.05, 0.1) is 11.6 Å². The van der Waals surface area contributed by atoms with Crippen LogP contribution in [0.15, 0.2) is 12.7 Å². The van der Waals surface area contributed by atoms with E-state index in [0.29, 0.717) is 32.4 Å². The molecule has 0 bridgehead atoms. The molecular formula is C37H60N6O7. The third-order valence-corrected chi connectivity index (χ3v) is 11.8. The Kier molecular flexibility index (Phi) is 13.0. The van der Waals surface area contributed by atoms with E-state index < -0.39 is 58.8 Å². The number of piperidine rings is 1. The van der Waals surface area contributed by atoms with Gasteiger partial charge >= 0.3 is 12.1 Å². The van der Waals surface area contributed by atoms with Crippen molar-refractivity contribution in [1.82, 2.24) is 31.5 Å². The quantitative estimate of drug-likeness (QED) is 0.128. The fraction of sp³-hybridized carbons (Fsp3) is 0.784. The van der Waals surface area contributed by atoms with Crippen LogP contribution in [0.3, 0.4) is 0 Å². The van der Waals surface area contributed by atoms with Crippen LogP contribution < -0.4 is 26.6 Å². The van der Waals surface area contributed by atoms with E-state index >= 15 is 0 Å². The number of hydrogen-bond acceptors (Lipinski definition) is 7. The molecule has 280 valence electrons. The van der Waals surface area contributed by atoms with E-state index in [0.717, 1.165) is 51.4 Å². The molecule has 0 aromatic carbocycles. The van der Waals surface area contributed by atoms with Crippen LogP contribution in [0.4, 0.5) is 9.59 Å². The largest absolute Gasteiger partial charge is 0.447 e. The third-order valence-electron chi connectivity index (χ3n) is 11.8. The summed E-state index contributed by atoms with van der Waals surface area (Å²) in [5.74, 6) is -2.33. The number of ether oxygens (including phenoxy) is 1. The number of nitrogens with one attached hydrogen (secondary N) is 5. The maximum Gasteiger partial charge on any atom is 0.407 e. The lowest BCUT2D eigenvalue weighted by atomic mass is 9.70. The molecule has 0 spiro atoms. The molecule has 13 nitrogen and oxygen atoms in total. The highest BCUT2D eigenvalue weighted by Gasteiger charge is 2.70. The minimum atomic E-state index is -1.03. The van der Waals surface area contributed by atoms with Crippen LogP contribution in [-0.2, 0) is 23.9 Å². The van der Waals surface area contributed by atoms with Crippen LogP contribution in [0.25, 0.3) is 0 Å². The monoisotopic (exact) mass is 700 g/mol. The second-order valence-corrected chi connectivity index (χ2v) is 15.8. The Hall–Kier alpha value is -3.64. The molecule has 4 aliphatic rings. The molecule has 3 saturated carbocycles. The van der Waals surface area contributed by atoms with Gasteiger partial charge in [0.1, 0.15) is 18.7 Å². The molecule has 5 N–H and O–H groups in total. The zero-order chi connectivity index (χ0) is 36.7. The number of Topliss-reactive ketones (excluding diaryl/α,β-unsaturated/α-hetero) is 1. The molecule has 50 heavy (non-hydrogen) atoms. The van der Waals surface area contributed by atoms with Gasteiger partial charge in [-0.1, -0.05) is 78.7 Å². The Labute approximate surface area is 297 Å². The number of nitrogens with zero attached hydrogens (tertiary/aromatic N) is 1. The average molecular weight is 701 g/mol. The standard InChI is InChI=1S/C37H60N6O7/c1-7-16-25(28(44)31(46)39-21-8-2)40-30(45)27-26-24(35(26,4)5)22-43(27)32(47)29(36(6)17-12-10-13-18-36)41-33(48)42-37(19-14-11-15-20-37)23-50-34(49)38-9-3/h8,24-27,29H,2,7,9-23H2,1,3-6H3,(H,38,49)(H,39,46)(H,40,45)(H2,41,42,48)/t24?,25?,26-,27?,29+/m0/s1. The van der Waals surface area contributed by atoms with E-state index in [1.165, 1.54) is 6.08 Å². The van der Waals surface area contributed by atoms with Crippen molar-refractivity contribution in [3.8, 4) is 0 Å². The SMILES string of the molecule is C=CCNC(=O)C(=O)C(CCC)NC(=O)C1[C@@H]2C(CN1C(=O)[C@@H](NC(=O)NC1(COC(=O)NCC)CCCCC1)C1(C)CCCCC1)C2(C)C. The summed E-state index contributed by atoms with van der Waals surface area (Å²) < 4.78 is 5.51. The van der Waals surface area contributed by atoms with E-state index in [2.05, 4.69) is 47.0 Å². The summed E-state index contributed by atoms with van der Waals surface area (Å²) in [7, 11) is 0. The molecule has 4 rings (SSSR count). The number of alkyl carbamates (subject to hydrolysis) is 1. The Morgan fingerprint density at radius 2 is 1.54 bits per heavy atom. The zero-order valence-electron chi connectivity index (χ0n) is 30.8. The molecule has 13 heteroatoms. The van der Waals surface area contributed by atoms with E-state index in [1.54, 1.807) is 11.8 Å². The summed E-state index contributed by atoms with van der Waals surface area (Å²) >= 11 is 0. The lowest BCUT2D eigenvalue weighted by molar-refractivity contribution is -0.146. The summed E-state index contributed by atoms with van der Waals surface area (Å²) in [5.41, 5.74) is -1.48. The molecule has 3 unspecified atom stereocenters. The topological polar surface area (TPSA) is 175 Å². The molecule has 0 radical (unpaired) electrons. The number of ketones is 1. The highest BCUT2D eigenvalue weighted by Crippen LogP contribution is 2.65. The molecule has 0 aromatic rings.